The van der Waals surface area contributed by atoms with Crippen molar-refractivity contribution < 1.29 is 9.53 Å². The van der Waals surface area contributed by atoms with Gasteiger partial charge in [0.2, 0.25) is 0 Å². The molecule has 0 aliphatic carbocycles. The Morgan fingerprint density at radius 3 is 2.62 bits per heavy atom. The second kappa shape index (κ2) is 8.27. The molecule has 1 aromatic carbocycles. The molecule has 3 aromatic rings. The van der Waals surface area contributed by atoms with Crippen molar-refractivity contribution in [1.82, 2.24) is 24.6 Å². The van der Waals surface area contributed by atoms with Crippen molar-refractivity contribution in [3.05, 3.63) is 71.2 Å². The fourth-order valence-electron chi connectivity index (χ4n) is 3.39. The molecular weight excluding hydrogens is 372 g/mol. The minimum atomic E-state index is -0.303. The number of aryl methyl sites for hydroxylation is 1. The minimum absolute atomic E-state index is 0.127. The number of rotatable bonds is 4. The van der Waals surface area contributed by atoms with Crippen molar-refractivity contribution in [2.75, 3.05) is 11.9 Å². The third-order valence-electron chi connectivity index (χ3n) is 4.87. The lowest BCUT2D eigenvalue weighted by Crippen LogP contribution is -2.44. The molecule has 0 radical (unpaired) electrons. The van der Waals surface area contributed by atoms with E-state index in [9.17, 15) is 9.59 Å². The summed E-state index contributed by atoms with van der Waals surface area (Å²) in [6, 6.07) is 10.3. The normalized spacial score (nSPS) is 18.9. The molecule has 2 amide bonds. The van der Waals surface area contributed by atoms with E-state index >= 15 is 0 Å². The van der Waals surface area contributed by atoms with Gasteiger partial charge in [-0.25, -0.2) is 9.59 Å². The fourth-order valence-corrected chi connectivity index (χ4v) is 3.39. The average molecular weight is 394 g/mol. The Labute approximate surface area is 167 Å². The number of benzene rings is 1. The zero-order chi connectivity index (χ0) is 20.2. The summed E-state index contributed by atoms with van der Waals surface area (Å²) in [5.74, 6) is 0. The highest BCUT2D eigenvalue weighted by Crippen LogP contribution is 2.28. The largest absolute Gasteiger partial charge is 0.371 e. The number of carbonyl (C=O) groups excluding carboxylic acids is 1. The maximum absolute atomic E-state index is 12.5. The van der Waals surface area contributed by atoms with Crippen LogP contribution in [0, 0.1) is 0 Å². The van der Waals surface area contributed by atoms with Crippen LogP contribution >= 0.6 is 0 Å². The van der Waals surface area contributed by atoms with Crippen molar-refractivity contribution in [3.8, 4) is 5.69 Å². The van der Waals surface area contributed by atoms with Gasteiger partial charge in [-0.15, -0.1) is 0 Å². The van der Waals surface area contributed by atoms with Crippen LogP contribution in [0.25, 0.3) is 5.69 Å². The van der Waals surface area contributed by atoms with Crippen LogP contribution < -0.4 is 16.3 Å². The van der Waals surface area contributed by atoms with E-state index in [-0.39, 0.29) is 23.9 Å². The zero-order valence-electron chi connectivity index (χ0n) is 16.0. The van der Waals surface area contributed by atoms with Gasteiger partial charge in [-0.1, -0.05) is 0 Å². The van der Waals surface area contributed by atoms with Gasteiger partial charge in [0.25, 0.3) is 0 Å². The number of amides is 2. The molecule has 1 fully saturated rings. The molecule has 9 heteroatoms. The van der Waals surface area contributed by atoms with Crippen molar-refractivity contribution in [3.63, 3.8) is 0 Å². The summed E-state index contributed by atoms with van der Waals surface area (Å²) in [6.45, 7) is 0.668. The van der Waals surface area contributed by atoms with Crippen LogP contribution in [0.5, 0.6) is 0 Å². The van der Waals surface area contributed by atoms with Gasteiger partial charge in [0.05, 0.1) is 11.7 Å². The summed E-state index contributed by atoms with van der Waals surface area (Å²) in [5, 5.41) is 9.88. The quantitative estimate of drug-likeness (QED) is 0.705. The molecule has 2 aromatic heterocycles. The summed E-state index contributed by atoms with van der Waals surface area (Å²) < 4.78 is 8.58. The highest BCUT2D eigenvalue weighted by molar-refractivity contribution is 5.89. The first-order valence-electron chi connectivity index (χ1n) is 9.42. The number of anilines is 1. The smallest absolute Gasteiger partial charge is 0.350 e. The molecule has 4 rings (SSSR count). The molecule has 1 aliphatic heterocycles. The van der Waals surface area contributed by atoms with Crippen LogP contribution in [0.2, 0.25) is 0 Å². The summed E-state index contributed by atoms with van der Waals surface area (Å²) in [5.41, 5.74) is 2.01. The van der Waals surface area contributed by atoms with Gasteiger partial charge in [-0.3, -0.25) is 9.55 Å². The van der Waals surface area contributed by atoms with Crippen LogP contribution in [-0.2, 0) is 11.8 Å². The Morgan fingerprint density at radius 2 is 1.93 bits per heavy atom. The molecule has 1 saturated heterocycles. The van der Waals surface area contributed by atoms with E-state index in [1.165, 1.54) is 15.6 Å². The Bertz CT molecular complexity index is 1030. The monoisotopic (exact) mass is 394 g/mol. The maximum Gasteiger partial charge on any atom is 0.350 e. The Hall–Kier alpha value is -3.46. The third-order valence-corrected chi connectivity index (χ3v) is 4.87. The maximum atomic E-state index is 12.5. The van der Waals surface area contributed by atoms with E-state index in [2.05, 4.69) is 20.7 Å². The average Bonchev–Trinajstić information content (AvgIpc) is 3.08. The molecule has 0 saturated carbocycles. The van der Waals surface area contributed by atoms with Gasteiger partial charge >= 0.3 is 11.7 Å². The Kier molecular flexibility index (Phi) is 5.39. The van der Waals surface area contributed by atoms with E-state index in [0.29, 0.717) is 18.0 Å². The van der Waals surface area contributed by atoms with Gasteiger partial charge in [0.15, 0.2) is 0 Å². The summed E-state index contributed by atoms with van der Waals surface area (Å²) in [6.07, 6.45) is 6.42. The first kappa shape index (κ1) is 18.9. The van der Waals surface area contributed by atoms with Gasteiger partial charge in [-0.05, 0) is 54.8 Å². The number of hydrogen-bond donors (Lipinski definition) is 2. The van der Waals surface area contributed by atoms with E-state index in [1.54, 1.807) is 43.7 Å². The van der Waals surface area contributed by atoms with Crippen LogP contribution in [0.3, 0.4) is 0 Å². The summed E-state index contributed by atoms with van der Waals surface area (Å²) in [4.78, 5) is 28.5. The lowest BCUT2D eigenvalue weighted by molar-refractivity contribution is -0.00701. The summed E-state index contributed by atoms with van der Waals surface area (Å²) in [7, 11) is 1.64. The molecular formula is C20H22N6O3. The molecule has 3 heterocycles. The number of urea groups is 1. The fraction of sp³-hybridized carbons (Fsp3) is 0.300. The molecule has 2 atom stereocenters. The highest BCUT2D eigenvalue weighted by Gasteiger charge is 2.28. The number of aromatic nitrogens is 4. The van der Waals surface area contributed by atoms with Crippen molar-refractivity contribution in [2.45, 2.75) is 25.0 Å². The van der Waals surface area contributed by atoms with Gasteiger partial charge in [0.1, 0.15) is 12.4 Å². The number of hydrogen-bond acceptors (Lipinski definition) is 5. The topological polar surface area (TPSA) is 103 Å². The number of pyridine rings is 1. The van der Waals surface area contributed by atoms with Crippen LogP contribution in [0.15, 0.2) is 59.9 Å². The number of ether oxygens (including phenoxy) is 1. The van der Waals surface area contributed by atoms with E-state index in [1.807, 2.05) is 12.1 Å². The second-order valence-corrected chi connectivity index (χ2v) is 6.90. The van der Waals surface area contributed by atoms with Crippen LogP contribution in [0.4, 0.5) is 10.5 Å². The number of nitrogens with zero attached hydrogens (tertiary/aromatic N) is 4. The lowest BCUT2D eigenvalue weighted by atomic mass is 9.97. The zero-order valence-corrected chi connectivity index (χ0v) is 16.0. The van der Waals surface area contributed by atoms with Crippen molar-refractivity contribution >= 4 is 11.7 Å². The number of nitrogens with one attached hydrogen (secondary N) is 2. The van der Waals surface area contributed by atoms with Gasteiger partial charge in [0, 0.05) is 31.7 Å². The second-order valence-electron chi connectivity index (χ2n) is 6.90. The van der Waals surface area contributed by atoms with Gasteiger partial charge < -0.3 is 15.4 Å². The molecule has 1 aliphatic rings. The highest BCUT2D eigenvalue weighted by atomic mass is 16.5. The minimum Gasteiger partial charge on any atom is -0.371 e. The Morgan fingerprint density at radius 1 is 1.17 bits per heavy atom. The lowest BCUT2D eigenvalue weighted by Gasteiger charge is -2.32. The van der Waals surface area contributed by atoms with E-state index in [4.69, 9.17) is 4.74 Å². The first-order chi connectivity index (χ1) is 14.1. The third kappa shape index (κ3) is 4.19. The molecule has 29 heavy (non-hydrogen) atoms. The summed E-state index contributed by atoms with van der Waals surface area (Å²) >= 11 is 0. The SMILES string of the molecule is Cn1cnn(-c2ccc(NC(=O)N[C@H]3CCCO[C@@H]3c3ccncc3)cc2)c1=O. The molecule has 9 nitrogen and oxygen atoms in total. The first-order valence-corrected chi connectivity index (χ1v) is 9.42. The molecule has 2 N–H and O–H groups in total. The van der Waals surface area contributed by atoms with Crippen LogP contribution in [-0.4, -0.2) is 38.0 Å². The molecule has 0 unspecified atom stereocenters. The van der Waals surface area contributed by atoms with Crippen molar-refractivity contribution in [1.29, 1.82) is 0 Å². The predicted molar refractivity (Wildman–Crippen MR) is 107 cm³/mol. The molecule has 150 valence electrons. The standard InChI is InChI=1S/C20H22N6O3/c1-25-13-22-26(20(25)28)16-6-4-15(5-7-16)23-19(27)24-17-3-2-12-29-18(17)14-8-10-21-11-9-14/h4-11,13,17-18H,2-3,12H2,1H3,(H2,23,24,27)/t17-,18+/m0/s1. The molecule has 0 spiro atoms. The predicted octanol–water partition coefficient (Wildman–Crippen LogP) is 2.01. The van der Waals surface area contributed by atoms with E-state index < -0.39 is 0 Å². The van der Waals surface area contributed by atoms with Gasteiger partial charge in [-0.2, -0.15) is 9.78 Å². The van der Waals surface area contributed by atoms with E-state index in [0.717, 1.165) is 18.4 Å². The number of carbonyl (C=O) groups is 1. The van der Waals surface area contributed by atoms with Crippen molar-refractivity contribution in [2.24, 2.45) is 7.05 Å². The Balaban J connectivity index is 1.41. The van der Waals surface area contributed by atoms with Crippen LogP contribution in [0.1, 0.15) is 24.5 Å². The molecule has 0 bridgehead atoms.